The fourth-order valence-electron chi connectivity index (χ4n) is 1.85. The van der Waals surface area contributed by atoms with Gasteiger partial charge in [-0.3, -0.25) is 9.59 Å². The van der Waals surface area contributed by atoms with Crippen LogP contribution in [0.1, 0.15) is 41.5 Å². The first-order chi connectivity index (χ1) is 11.9. The number of ether oxygens (including phenoxy) is 2. The highest BCUT2D eigenvalue weighted by molar-refractivity contribution is 6.32. The molecule has 0 aliphatic carbocycles. The topological polar surface area (TPSA) is 52.6 Å². The summed E-state index contributed by atoms with van der Waals surface area (Å²) in [5, 5.41) is 1.06. The molecule has 0 spiro atoms. The Hall–Kier alpha value is -2.04. The molecule has 25 heavy (non-hydrogen) atoms. The first-order valence-corrected chi connectivity index (χ1v) is 8.49. The van der Waals surface area contributed by atoms with Crippen LogP contribution in [0.3, 0.4) is 0 Å². The van der Waals surface area contributed by atoms with Gasteiger partial charge in [-0.2, -0.15) is 0 Å². The quantitative estimate of drug-likeness (QED) is 0.489. The van der Waals surface area contributed by atoms with Gasteiger partial charge in [0.15, 0.2) is 5.78 Å². The third-order valence-electron chi connectivity index (χ3n) is 3.03. The SMILES string of the molecule is CCOc1cc(C(C)=O)ccc1Cl.CCOc1cc(C=O)ccc1Cl. The van der Waals surface area contributed by atoms with Crippen LogP contribution in [0.5, 0.6) is 11.5 Å². The van der Waals surface area contributed by atoms with Crippen LogP contribution in [-0.2, 0) is 0 Å². The van der Waals surface area contributed by atoms with Crippen LogP contribution >= 0.6 is 23.2 Å². The van der Waals surface area contributed by atoms with E-state index in [1.54, 1.807) is 36.4 Å². The van der Waals surface area contributed by atoms with E-state index in [1.165, 1.54) is 6.92 Å². The molecule has 0 aliphatic rings. The number of carbonyl (C=O) groups is 2. The van der Waals surface area contributed by atoms with E-state index in [9.17, 15) is 9.59 Å². The number of hydrogen-bond donors (Lipinski definition) is 0. The van der Waals surface area contributed by atoms with Gasteiger partial charge in [-0.05, 0) is 57.2 Å². The zero-order valence-electron chi connectivity index (χ0n) is 14.3. The Morgan fingerprint density at radius 2 is 1.48 bits per heavy atom. The number of hydrogen-bond acceptors (Lipinski definition) is 4. The summed E-state index contributed by atoms with van der Waals surface area (Å²) in [5.74, 6) is 1.14. The molecule has 0 radical (unpaired) electrons. The molecule has 0 N–H and O–H groups in total. The number of carbonyl (C=O) groups excluding carboxylic acids is 2. The molecule has 0 atom stereocenters. The molecule has 0 aromatic heterocycles. The average Bonchev–Trinajstić information content (AvgIpc) is 2.59. The highest BCUT2D eigenvalue weighted by Gasteiger charge is 2.05. The van der Waals surface area contributed by atoms with Crippen molar-refractivity contribution < 1.29 is 19.1 Å². The third kappa shape index (κ3) is 6.77. The van der Waals surface area contributed by atoms with Crippen molar-refractivity contribution in [3.63, 3.8) is 0 Å². The van der Waals surface area contributed by atoms with Crippen molar-refractivity contribution in [2.24, 2.45) is 0 Å². The molecule has 0 aliphatic heterocycles. The van der Waals surface area contributed by atoms with Crippen LogP contribution < -0.4 is 9.47 Å². The number of rotatable bonds is 6. The molecule has 0 bridgehead atoms. The smallest absolute Gasteiger partial charge is 0.159 e. The molecule has 2 rings (SSSR count). The summed E-state index contributed by atoms with van der Waals surface area (Å²) < 4.78 is 10.4. The molecule has 2 aromatic rings. The molecule has 134 valence electrons. The Morgan fingerprint density at radius 3 is 1.96 bits per heavy atom. The van der Waals surface area contributed by atoms with Crippen LogP contribution in [0.2, 0.25) is 10.0 Å². The Labute approximate surface area is 157 Å². The lowest BCUT2D eigenvalue weighted by molar-refractivity contribution is 0.101. The predicted molar refractivity (Wildman–Crippen MR) is 101 cm³/mol. The molecule has 0 saturated carbocycles. The Morgan fingerprint density at radius 1 is 0.960 bits per heavy atom. The van der Waals surface area contributed by atoms with Crippen LogP contribution in [0.25, 0.3) is 0 Å². The summed E-state index contributed by atoms with van der Waals surface area (Å²) >= 11 is 11.6. The largest absolute Gasteiger partial charge is 0.492 e. The van der Waals surface area contributed by atoms with Crippen molar-refractivity contribution in [3.05, 3.63) is 57.6 Å². The molecule has 0 amide bonds. The zero-order chi connectivity index (χ0) is 18.8. The molecule has 0 saturated heterocycles. The summed E-state index contributed by atoms with van der Waals surface area (Å²) in [4.78, 5) is 21.4. The second-order valence-electron chi connectivity index (χ2n) is 4.88. The Bertz CT molecular complexity index is 729. The van der Waals surface area contributed by atoms with Crippen molar-refractivity contribution >= 4 is 35.3 Å². The van der Waals surface area contributed by atoms with Crippen molar-refractivity contribution in [1.29, 1.82) is 0 Å². The van der Waals surface area contributed by atoms with E-state index in [4.69, 9.17) is 32.7 Å². The molecule has 0 heterocycles. The van der Waals surface area contributed by atoms with Gasteiger partial charge in [0, 0.05) is 11.1 Å². The predicted octanol–water partition coefficient (Wildman–Crippen LogP) is 5.49. The standard InChI is InChI=1S/C10H11ClO2.C9H9ClO2/c1-3-13-10-6-8(7(2)12)4-5-9(10)11;1-2-12-9-5-7(6-11)3-4-8(9)10/h4-6H,3H2,1-2H3;3-6H,2H2,1H3. The van der Waals surface area contributed by atoms with Crippen LogP contribution in [0, 0.1) is 0 Å². The summed E-state index contributed by atoms with van der Waals surface area (Å²) in [5.41, 5.74) is 1.19. The Balaban J connectivity index is 0.000000251. The van der Waals surface area contributed by atoms with Crippen LogP contribution in [0.15, 0.2) is 36.4 Å². The summed E-state index contributed by atoms with van der Waals surface area (Å²) in [6.07, 6.45) is 0.763. The third-order valence-corrected chi connectivity index (χ3v) is 3.65. The normalized spacial score (nSPS) is 9.64. The summed E-state index contributed by atoms with van der Waals surface area (Å²) in [6, 6.07) is 9.94. The van der Waals surface area contributed by atoms with Gasteiger partial charge in [-0.25, -0.2) is 0 Å². The van der Waals surface area contributed by atoms with Crippen molar-refractivity contribution in [3.8, 4) is 11.5 Å². The first-order valence-electron chi connectivity index (χ1n) is 7.73. The van der Waals surface area contributed by atoms with Crippen molar-refractivity contribution in [2.45, 2.75) is 20.8 Å². The van der Waals surface area contributed by atoms with Crippen molar-refractivity contribution in [1.82, 2.24) is 0 Å². The van der Waals surface area contributed by atoms with Crippen molar-refractivity contribution in [2.75, 3.05) is 13.2 Å². The highest BCUT2D eigenvalue weighted by atomic mass is 35.5. The number of ketones is 1. The highest BCUT2D eigenvalue weighted by Crippen LogP contribution is 2.26. The van der Waals surface area contributed by atoms with Gasteiger partial charge in [0.2, 0.25) is 0 Å². The molecule has 0 unspecified atom stereocenters. The molecule has 0 fully saturated rings. The number of Topliss-reactive ketones (excluding diaryl/α,β-unsaturated/α-hetero) is 1. The van der Waals surface area contributed by atoms with E-state index in [1.807, 2.05) is 13.8 Å². The van der Waals surface area contributed by atoms with Crippen LogP contribution in [-0.4, -0.2) is 25.3 Å². The number of aldehydes is 1. The fourth-order valence-corrected chi connectivity index (χ4v) is 2.19. The second kappa shape index (κ2) is 10.7. The second-order valence-corrected chi connectivity index (χ2v) is 5.69. The molecular formula is C19H20Cl2O4. The van der Waals surface area contributed by atoms with Gasteiger partial charge >= 0.3 is 0 Å². The van der Waals surface area contributed by atoms with Gasteiger partial charge in [-0.1, -0.05) is 23.2 Å². The van der Waals surface area contributed by atoms with Gasteiger partial charge in [0.1, 0.15) is 17.8 Å². The Kier molecular flexibility index (Phi) is 9.03. The minimum absolute atomic E-state index is 0.0117. The van der Waals surface area contributed by atoms with E-state index in [0.29, 0.717) is 45.9 Å². The first kappa shape index (κ1) is 21.0. The minimum atomic E-state index is 0.0117. The zero-order valence-corrected chi connectivity index (χ0v) is 15.9. The summed E-state index contributed by atoms with van der Waals surface area (Å²) in [7, 11) is 0. The lowest BCUT2D eigenvalue weighted by Gasteiger charge is -2.06. The molecule has 6 heteroatoms. The van der Waals surface area contributed by atoms with Crippen LogP contribution in [0.4, 0.5) is 0 Å². The van der Waals surface area contributed by atoms with Gasteiger partial charge < -0.3 is 9.47 Å². The maximum absolute atomic E-state index is 11.0. The number of halogens is 2. The number of benzene rings is 2. The fraction of sp³-hybridized carbons (Fsp3) is 0.263. The van der Waals surface area contributed by atoms with E-state index >= 15 is 0 Å². The molecule has 2 aromatic carbocycles. The summed E-state index contributed by atoms with van der Waals surface area (Å²) in [6.45, 7) is 6.34. The average molecular weight is 383 g/mol. The lowest BCUT2D eigenvalue weighted by Crippen LogP contribution is -1.96. The van der Waals surface area contributed by atoms with Gasteiger partial charge in [0.05, 0.1) is 23.3 Å². The monoisotopic (exact) mass is 382 g/mol. The molecule has 4 nitrogen and oxygen atoms in total. The van der Waals surface area contributed by atoms with Gasteiger partial charge in [-0.15, -0.1) is 0 Å². The maximum Gasteiger partial charge on any atom is 0.159 e. The lowest BCUT2D eigenvalue weighted by atomic mass is 10.1. The van der Waals surface area contributed by atoms with E-state index < -0.39 is 0 Å². The van der Waals surface area contributed by atoms with E-state index in [2.05, 4.69) is 0 Å². The minimum Gasteiger partial charge on any atom is -0.492 e. The van der Waals surface area contributed by atoms with Gasteiger partial charge in [0.25, 0.3) is 0 Å². The van der Waals surface area contributed by atoms with E-state index in [-0.39, 0.29) is 5.78 Å². The maximum atomic E-state index is 11.0. The molecular weight excluding hydrogens is 363 g/mol. The van der Waals surface area contributed by atoms with E-state index in [0.717, 1.165) is 6.29 Å².